The van der Waals surface area contributed by atoms with Crippen molar-refractivity contribution in [2.75, 3.05) is 19.8 Å². The number of hydrogen-bond acceptors (Lipinski definition) is 2. The molecule has 0 heterocycles. The van der Waals surface area contributed by atoms with Gasteiger partial charge in [0, 0.05) is 6.61 Å². The van der Waals surface area contributed by atoms with Crippen LogP contribution in [-0.4, -0.2) is 25.9 Å². The van der Waals surface area contributed by atoms with Crippen molar-refractivity contribution in [1.29, 1.82) is 0 Å². The highest BCUT2D eigenvalue weighted by Crippen LogP contribution is 2.20. The van der Waals surface area contributed by atoms with E-state index < -0.39 is 12.8 Å². The Labute approximate surface area is 103 Å². The maximum Gasteiger partial charge on any atom is 0.411 e. The average Bonchev–Trinajstić information content (AvgIpc) is 2.27. The number of rotatable bonds is 6. The second-order valence-corrected chi connectivity index (χ2v) is 3.94. The van der Waals surface area contributed by atoms with Crippen LogP contribution in [0.25, 0.3) is 0 Å². The van der Waals surface area contributed by atoms with Crippen LogP contribution in [0, 0.1) is 5.82 Å². The summed E-state index contributed by atoms with van der Waals surface area (Å²) in [5.41, 5.74) is 6.20. The van der Waals surface area contributed by atoms with Gasteiger partial charge in [0.15, 0.2) is 0 Å². The molecule has 102 valence electrons. The number of hydrogen-bond donors (Lipinski definition) is 1. The van der Waals surface area contributed by atoms with E-state index in [-0.39, 0.29) is 24.9 Å². The lowest BCUT2D eigenvalue weighted by molar-refractivity contribution is -0.174. The zero-order valence-electron chi connectivity index (χ0n) is 9.71. The van der Waals surface area contributed by atoms with Gasteiger partial charge in [-0.05, 0) is 36.6 Å². The minimum Gasteiger partial charge on any atom is -0.372 e. The minimum atomic E-state index is -4.32. The molecule has 0 saturated heterocycles. The highest BCUT2D eigenvalue weighted by atomic mass is 19.4. The molecule has 2 N–H and O–H groups in total. The molecule has 0 aliphatic rings. The summed E-state index contributed by atoms with van der Waals surface area (Å²) in [6.45, 7) is -1.09. The first-order valence-corrected chi connectivity index (χ1v) is 5.52. The molecule has 2 nitrogen and oxygen atoms in total. The van der Waals surface area contributed by atoms with Crippen molar-refractivity contribution in [2.45, 2.75) is 18.5 Å². The van der Waals surface area contributed by atoms with Crippen LogP contribution in [0.4, 0.5) is 17.6 Å². The Kier molecular flexibility index (Phi) is 5.55. The third kappa shape index (κ3) is 5.46. The second-order valence-electron chi connectivity index (χ2n) is 3.94. The number of halogens is 4. The van der Waals surface area contributed by atoms with Crippen molar-refractivity contribution < 1.29 is 22.3 Å². The first-order chi connectivity index (χ1) is 8.42. The SMILES string of the molecule is NCC(CCOCC(F)(F)F)c1cccc(F)c1. The summed E-state index contributed by atoms with van der Waals surface area (Å²) in [5.74, 6) is -0.587. The van der Waals surface area contributed by atoms with Gasteiger partial charge in [-0.3, -0.25) is 0 Å². The zero-order valence-corrected chi connectivity index (χ0v) is 9.71. The standard InChI is InChI=1S/C12H15F4NO/c13-11-3-1-2-9(6-11)10(7-17)4-5-18-8-12(14,15)16/h1-3,6,10H,4-5,7-8,17H2. The largest absolute Gasteiger partial charge is 0.411 e. The normalized spacial score (nSPS) is 13.6. The van der Waals surface area contributed by atoms with Gasteiger partial charge in [-0.1, -0.05) is 12.1 Å². The molecule has 1 unspecified atom stereocenters. The molecule has 1 aromatic carbocycles. The lowest BCUT2D eigenvalue weighted by Gasteiger charge is -2.15. The van der Waals surface area contributed by atoms with Crippen LogP contribution in [0.15, 0.2) is 24.3 Å². The fourth-order valence-electron chi connectivity index (χ4n) is 1.59. The van der Waals surface area contributed by atoms with Crippen LogP contribution in [-0.2, 0) is 4.74 Å². The molecule has 1 aromatic rings. The van der Waals surface area contributed by atoms with E-state index >= 15 is 0 Å². The van der Waals surface area contributed by atoms with Gasteiger partial charge in [0.05, 0.1) is 0 Å². The molecule has 0 spiro atoms. The molecule has 0 aliphatic carbocycles. The van der Waals surface area contributed by atoms with Crippen molar-refractivity contribution in [3.63, 3.8) is 0 Å². The fraction of sp³-hybridized carbons (Fsp3) is 0.500. The summed E-state index contributed by atoms with van der Waals surface area (Å²) in [6, 6.07) is 5.88. The van der Waals surface area contributed by atoms with Crippen molar-refractivity contribution in [1.82, 2.24) is 0 Å². The third-order valence-electron chi connectivity index (χ3n) is 2.48. The van der Waals surface area contributed by atoms with E-state index in [0.717, 1.165) is 0 Å². The predicted molar refractivity (Wildman–Crippen MR) is 59.7 cm³/mol. The molecular weight excluding hydrogens is 250 g/mol. The summed E-state index contributed by atoms with van der Waals surface area (Å²) < 4.78 is 53.0. The Morgan fingerprint density at radius 2 is 2.00 bits per heavy atom. The first-order valence-electron chi connectivity index (χ1n) is 5.52. The highest BCUT2D eigenvalue weighted by Gasteiger charge is 2.27. The molecule has 1 rings (SSSR count). The zero-order chi connectivity index (χ0) is 13.6. The first kappa shape index (κ1) is 14.9. The fourth-order valence-corrected chi connectivity index (χ4v) is 1.59. The quantitative estimate of drug-likeness (QED) is 0.634. The topological polar surface area (TPSA) is 35.2 Å². The van der Waals surface area contributed by atoms with E-state index in [1.165, 1.54) is 12.1 Å². The van der Waals surface area contributed by atoms with Gasteiger partial charge in [0.1, 0.15) is 12.4 Å². The van der Waals surface area contributed by atoms with E-state index in [0.29, 0.717) is 12.0 Å². The minimum absolute atomic E-state index is 0.0576. The van der Waals surface area contributed by atoms with Crippen molar-refractivity contribution in [3.05, 3.63) is 35.6 Å². The number of alkyl halides is 3. The van der Waals surface area contributed by atoms with Crippen LogP contribution in [0.3, 0.4) is 0 Å². The van der Waals surface area contributed by atoms with E-state index in [1.807, 2.05) is 0 Å². The summed E-state index contributed by atoms with van der Waals surface area (Å²) in [5, 5.41) is 0. The third-order valence-corrected chi connectivity index (χ3v) is 2.48. The number of nitrogens with two attached hydrogens (primary N) is 1. The van der Waals surface area contributed by atoms with Crippen LogP contribution >= 0.6 is 0 Å². The molecule has 0 bridgehead atoms. The predicted octanol–water partition coefficient (Wildman–Crippen LogP) is 2.84. The number of benzene rings is 1. The van der Waals surface area contributed by atoms with Crippen molar-refractivity contribution in [3.8, 4) is 0 Å². The molecule has 0 radical (unpaired) electrons. The average molecular weight is 265 g/mol. The van der Waals surface area contributed by atoms with Gasteiger partial charge in [0.25, 0.3) is 0 Å². The van der Waals surface area contributed by atoms with Gasteiger partial charge < -0.3 is 10.5 Å². The summed E-state index contributed by atoms with van der Waals surface area (Å²) in [6.07, 6.45) is -3.99. The molecule has 1 atom stereocenters. The van der Waals surface area contributed by atoms with Gasteiger partial charge >= 0.3 is 6.18 Å². The lowest BCUT2D eigenvalue weighted by Crippen LogP contribution is -2.20. The molecule has 0 aromatic heterocycles. The molecule has 0 aliphatic heterocycles. The Balaban J connectivity index is 2.43. The van der Waals surface area contributed by atoms with Gasteiger partial charge in [-0.15, -0.1) is 0 Å². The van der Waals surface area contributed by atoms with Gasteiger partial charge in [-0.2, -0.15) is 13.2 Å². The molecule has 6 heteroatoms. The van der Waals surface area contributed by atoms with Crippen LogP contribution in [0.2, 0.25) is 0 Å². The van der Waals surface area contributed by atoms with E-state index in [2.05, 4.69) is 4.74 Å². The Morgan fingerprint density at radius 1 is 1.28 bits per heavy atom. The Bertz CT molecular complexity index is 367. The molecule has 0 saturated carbocycles. The van der Waals surface area contributed by atoms with Crippen molar-refractivity contribution in [2.24, 2.45) is 5.73 Å². The molecular formula is C12H15F4NO. The smallest absolute Gasteiger partial charge is 0.372 e. The van der Waals surface area contributed by atoms with Crippen LogP contribution < -0.4 is 5.73 Å². The van der Waals surface area contributed by atoms with Gasteiger partial charge in [0.2, 0.25) is 0 Å². The summed E-state index contributed by atoms with van der Waals surface area (Å²) in [7, 11) is 0. The summed E-state index contributed by atoms with van der Waals surface area (Å²) in [4.78, 5) is 0. The van der Waals surface area contributed by atoms with E-state index in [1.54, 1.807) is 12.1 Å². The molecule has 18 heavy (non-hydrogen) atoms. The lowest BCUT2D eigenvalue weighted by atomic mass is 9.96. The summed E-state index contributed by atoms with van der Waals surface area (Å²) >= 11 is 0. The molecule has 0 fully saturated rings. The second kappa shape index (κ2) is 6.70. The maximum absolute atomic E-state index is 13.0. The highest BCUT2D eigenvalue weighted by molar-refractivity contribution is 5.20. The monoisotopic (exact) mass is 265 g/mol. The van der Waals surface area contributed by atoms with Crippen LogP contribution in [0.5, 0.6) is 0 Å². The van der Waals surface area contributed by atoms with E-state index in [9.17, 15) is 17.6 Å². The number of ether oxygens (including phenoxy) is 1. The van der Waals surface area contributed by atoms with Gasteiger partial charge in [-0.25, -0.2) is 4.39 Å². The van der Waals surface area contributed by atoms with Crippen molar-refractivity contribution >= 4 is 0 Å². The van der Waals surface area contributed by atoms with Crippen LogP contribution in [0.1, 0.15) is 17.9 Å². The van der Waals surface area contributed by atoms with E-state index in [4.69, 9.17) is 5.73 Å². The molecule has 0 amide bonds. The maximum atomic E-state index is 13.0. The Hall–Kier alpha value is -1.14. The Morgan fingerprint density at radius 3 is 2.56 bits per heavy atom.